The van der Waals surface area contributed by atoms with Gasteiger partial charge in [0.25, 0.3) is 5.69 Å². The third-order valence-corrected chi connectivity index (χ3v) is 4.46. The Hall–Kier alpha value is -3.22. The Balaban J connectivity index is 1.52. The van der Waals surface area contributed by atoms with Gasteiger partial charge in [0.1, 0.15) is 5.75 Å². The van der Waals surface area contributed by atoms with E-state index in [1.807, 2.05) is 12.1 Å². The first kappa shape index (κ1) is 18.6. The van der Waals surface area contributed by atoms with Gasteiger partial charge in [-0.3, -0.25) is 14.9 Å². The van der Waals surface area contributed by atoms with E-state index in [4.69, 9.17) is 9.47 Å². The van der Waals surface area contributed by atoms with Crippen LogP contribution >= 0.6 is 0 Å². The normalized spacial score (nSPS) is 13.5. The van der Waals surface area contributed by atoms with E-state index in [0.717, 1.165) is 19.3 Å². The van der Waals surface area contributed by atoms with Crippen LogP contribution in [0.4, 0.5) is 5.69 Å². The van der Waals surface area contributed by atoms with E-state index in [2.05, 4.69) is 0 Å². The quantitative estimate of drug-likeness (QED) is 0.322. The molecule has 27 heavy (non-hydrogen) atoms. The first-order chi connectivity index (χ1) is 12.9. The molecule has 140 valence electrons. The molecule has 0 saturated carbocycles. The number of carbonyl (C=O) groups is 2. The number of ether oxygens (including phenoxy) is 2. The zero-order valence-corrected chi connectivity index (χ0v) is 14.8. The first-order valence-corrected chi connectivity index (χ1v) is 8.67. The maximum absolute atomic E-state index is 12.5. The Morgan fingerprint density at radius 3 is 2.52 bits per heavy atom. The van der Waals surface area contributed by atoms with Gasteiger partial charge < -0.3 is 9.47 Å². The van der Waals surface area contributed by atoms with Gasteiger partial charge >= 0.3 is 5.97 Å². The molecule has 1 aliphatic carbocycles. The van der Waals surface area contributed by atoms with Crippen molar-refractivity contribution < 1.29 is 24.0 Å². The lowest BCUT2D eigenvalue weighted by molar-refractivity contribution is -0.384. The standard InChI is InChI=1S/C20H19NO6/c1-13(20(23)16-6-5-14-3-2-4-15(14)11-16)27-19(22)12-26-18-9-7-17(8-10-18)21(24)25/h5-11,13H,2-4,12H2,1H3/t13-/m1/s1. The van der Waals surface area contributed by atoms with Crippen molar-refractivity contribution in [2.24, 2.45) is 0 Å². The largest absolute Gasteiger partial charge is 0.482 e. The monoisotopic (exact) mass is 369 g/mol. The summed E-state index contributed by atoms with van der Waals surface area (Å²) in [6.45, 7) is 1.14. The maximum atomic E-state index is 12.5. The number of Topliss-reactive ketones (excluding diaryl/α,β-unsaturated/α-hetero) is 1. The van der Waals surface area contributed by atoms with Gasteiger partial charge in [0, 0.05) is 17.7 Å². The molecule has 3 rings (SSSR count). The fourth-order valence-corrected chi connectivity index (χ4v) is 3.05. The van der Waals surface area contributed by atoms with E-state index >= 15 is 0 Å². The molecule has 0 aliphatic heterocycles. The lowest BCUT2D eigenvalue weighted by Gasteiger charge is -2.13. The van der Waals surface area contributed by atoms with Gasteiger partial charge in [-0.1, -0.05) is 12.1 Å². The van der Waals surface area contributed by atoms with Crippen LogP contribution in [-0.2, 0) is 22.4 Å². The molecular weight excluding hydrogens is 350 g/mol. The maximum Gasteiger partial charge on any atom is 0.344 e. The van der Waals surface area contributed by atoms with Crippen molar-refractivity contribution in [1.82, 2.24) is 0 Å². The number of benzene rings is 2. The predicted octanol–water partition coefficient (Wildman–Crippen LogP) is 3.28. The van der Waals surface area contributed by atoms with Crippen molar-refractivity contribution in [2.75, 3.05) is 6.61 Å². The second-order valence-corrected chi connectivity index (χ2v) is 6.37. The Bertz CT molecular complexity index is 875. The van der Waals surface area contributed by atoms with E-state index < -0.39 is 17.0 Å². The number of rotatable bonds is 7. The van der Waals surface area contributed by atoms with E-state index in [-0.39, 0.29) is 18.1 Å². The molecular formula is C20H19NO6. The number of nitrogens with zero attached hydrogens (tertiary/aromatic N) is 1. The number of non-ortho nitro benzene ring substituents is 1. The van der Waals surface area contributed by atoms with Gasteiger partial charge in [0.05, 0.1) is 4.92 Å². The van der Waals surface area contributed by atoms with E-state index in [1.165, 1.54) is 42.3 Å². The highest BCUT2D eigenvalue weighted by atomic mass is 16.6. The van der Waals surface area contributed by atoms with Gasteiger partial charge in [0.2, 0.25) is 5.78 Å². The van der Waals surface area contributed by atoms with Crippen LogP contribution < -0.4 is 4.74 Å². The summed E-state index contributed by atoms with van der Waals surface area (Å²) in [4.78, 5) is 34.5. The van der Waals surface area contributed by atoms with Crippen molar-refractivity contribution in [3.8, 4) is 5.75 Å². The summed E-state index contributed by atoms with van der Waals surface area (Å²) in [7, 11) is 0. The summed E-state index contributed by atoms with van der Waals surface area (Å²) in [5.41, 5.74) is 2.92. The summed E-state index contributed by atoms with van der Waals surface area (Å²) in [6.07, 6.45) is 2.18. The summed E-state index contributed by atoms with van der Waals surface area (Å²) >= 11 is 0. The third kappa shape index (κ3) is 4.49. The fraction of sp³-hybridized carbons (Fsp3) is 0.300. The highest BCUT2D eigenvalue weighted by Crippen LogP contribution is 2.23. The van der Waals surface area contributed by atoms with Crippen molar-refractivity contribution in [2.45, 2.75) is 32.3 Å². The summed E-state index contributed by atoms with van der Waals surface area (Å²) in [6, 6.07) is 10.9. The van der Waals surface area contributed by atoms with Crippen LogP contribution in [0.2, 0.25) is 0 Å². The minimum atomic E-state index is -0.919. The molecule has 0 radical (unpaired) electrons. The molecule has 2 aromatic rings. The van der Waals surface area contributed by atoms with Crippen LogP contribution in [0.25, 0.3) is 0 Å². The molecule has 1 aliphatic rings. The highest BCUT2D eigenvalue weighted by molar-refractivity contribution is 6.00. The molecule has 0 fully saturated rings. The predicted molar refractivity (Wildman–Crippen MR) is 96.9 cm³/mol. The van der Waals surface area contributed by atoms with Crippen LogP contribution in [0.1, 0.15) is 34.8 Å². The van der Waals surface area contributed by atoms with Gasteiger partial charge in [-0.05, 0) is 55.5 Å². The minimum Gasteiger partial charge on any atom is -0.482 e. The molecule has 0 heterocycles. The number of hydrogen-bond donors (Lipinski definition) is 0. The van der Waals surface area contributed by atoms with E-state index in [0.29, 0.717) is 11.3 Å². The number of ketones is 1. The SMILES string of the molecule is C[C@@H](OC(=O)COc1ccc([N+](=O)[O-])cc1)C(=O)c1ccc2c(c1)CCC2. The molecule has 0 amide bonds. The first-order valence-electron chi connectivity index (χ1n) is 8.67. The highest BCUT2D eigenvalue weighted by Gasteiger charge is 2.21. The second-order valence-electron chi connectivity index (χ2n) is 6.37. The van der Waals surface area contributed by atoms with E-state index in [9.17, 15) is 19.7 Å². The molecule has 0 spiro atoms. The number of esters is 1. The van der Waals surface area contributed by atoms with Crippen molar-refractivity contribution in [1.29, 1.82) is 0 Å². The van der Waals surface area contributed by atoms with Crippen molar-refractivity contribution >= 4 is 17.4 Å². The zero-order valence-electron chi connectivity index (χ0n) is 14.8. The molecule has 0 N–H and O–H groups in total. The number of hydrogen-bond acceptors (Lipinski definition) is 6. The lowest BCUT2D eigenvalue weighted by atomic mass is 10.0. The molecule has 0 unspecified atom stereocenters. The van der Waals surface area contributed by atoms with Gasteiger partial charge in [-0.2, -0.15) is 0 Å². The molecule has 1 atom stereocenters. The number of carbonyl (C=O) groups excluding carboxylic acids is 2. The molecule has 7 nitrogen and oxygen atoms in total. The van der Waals surface area contributed by atoms with Crippen LogP contribution in [0.5, 0.6) is 5.75 Å². The smallest absolute Gasteiger partial charge is 0.344 e. The van der Waals surface area contributed by atoms with Crippen LogP contribution in [0.15, 0.2) is 42.5 Å². The zero-order chi connectivity index (χ0) is 19.4. The Kier molecular flexibility index (Phi) is 5.49. The van der Waals surface area contributed by atoms with Gasteiger partial charge in [0.15, 0.2) is 12.7 Å². The summed E-state index contributed by atoms with van der Waals surface area (Å²) in [5, 5.41) is 10.6. The molecule has 7 heteroatoms. The Labute approximate surface area is 156 Å². The summed E-state index contributed by atoms with van der Waals surface area (Å²) < 4.78 is 10.4. The van der Waals surface area contributed by atoms with Crippen molar-refractivity contribution in [3.05, 3.63) is 69.3 Å². The fourth-order valence-electron chi connectivity index (χ4n) is 3.05. The van der Waals surface area contributed by atoms with Gasteiger partial charge in [-0.15, -0.1) is 0 Å². The average molecular weight is 369 g/mol. The lowest BCUT2D eigenvalue weighted by Crippen LogP contribution is -2.27. The van der Waals surface area contributed by atoms with Crippen LogP contribution in [0.3, 0.4) is 0 Å². The van der Waals surface area contributed by atoms with Crippen molar-refractivity contribution in [3.63, 3.8) is 0 Å². The van der Waals surface area contributed by atoms with Gasteiger partial charge in [-0.25, -0.2) is 4.79 Å². The van der Waals surface area contributed by atoms with Crippen LogP contribution in [0, 0.1) is 10.1 Å². The van der Waals surface area contributed by atoms with Crippen LogP contribution in [-0.4, -0.2) is 29.4 Å². The topological polar surface area (TPSA) is 95.7 Å². The number of aryl methyl sites for hydroxylation is 2. The number of nitro groups is 1. The minimum absolute atomic E-state index is 0.0708. The Morgan fingerprint density at radius 2 is 1.81 bits per heavy atom. The third-order valence-electron chi connectivity index (χ3n) is 4.46. The number of nitro benzene ring substituents is 1. The number of fused-ring (bicyclic) bond motifs is 1. The molecule has 0 bridgehead atoms. The molecule has 2 aromatic carbocycles. The summed E-state index contributed by atoms with van der Waals surface area (Å²) in [5.74, 6) is -0.640. The molecule has 0 aromatic heterocycles. The second kappa shape index (κ2) is 7.99. The van der Waals surface area contributed by atoms with E-state index in [1.54, 1.807) is 6.07 Å². The molecule has 0 saturated heterocycles. The Morgan fingerprint density at radius 1 is 1.11 bits per heavy atom. The average Bonchev–Trinajstić information content (AvgIpc) is 3.13.